The van der Waals surface area contributed by atoms with E-state index in [0.29, 0.717) is 0 Å². The van der Waals surface area contributed by atoms with E-state index in [9.17, 15) is 116 Å². The Morgan fingerprint density at radius 1 is 0.547 bits per heavy atom. The molecule has 0 spiro atoms. The predicted octanol–water partition coefficient (Wildman–Crippen LogP) is -8.44. The maximum absolute atomic E-state index is 12.7. The third-order valence-electron chi connectivity index (χ3n) is 9.68. The van der Waals surface area contributed by atoms with Gasteiger partial charge in [-0.3, -0.25) is 27.6 Å². The molecule has 4 aliphatic rings. The van der Waals surface area contributed by atoms with Gasteiger partial charge in [0.25, 0.3) is 0 Å². The second-order valence-corrected chi connectivity index (χ2v) is 30.9. The standard InChI is InChI=1S/C26H42N2O37S5.CH3Cl3Si/c1-4(30)27-7-9(31)13(6(56-23(7)39)3-55-67(43,44)45)58-26-19(65-70(52,53)54)12(34)16(20(62-26)22(37)38)60-24-8(28-66(40,41)42)15(63-68(46,47)48)14(5(2-29)57-24)59-25-18(64-69(49,50)51)11(33)10(32)17(61-25)21(35)36;1-5(2,3)4/h5-20,23-26,28-29,31-34,39H,2-3H2,1H3,(H,27,30)(H,35,36)(H,37,38)(H,40,41,42)(H,43,44,45)(H,46,47,48)(H,49,50,51)(H,52,53,54);1H3/t5-,6+,7-,8-,9-,10-,11-,12+,13-,14-,15-,16+,17-,18+,19-,20+,23-,24+,25+,26-;/m1./s1. The molecule has 4 saturated heterocycles. The van der Waals surface area contributed by atoms with Gasteiger partial charge in [-0.1, -0.05) is 0 Å². The average molecular weight is 1280 g/mol. The molecule has 75 heavy (non-hydrogen) atoms. The van der Waals surface area contributed by atoms with Crippen LogP contribution in [-0.2, 0) is 116 Å². The summed E-state index contributed by atoms with van der Waals surface area (Å²) in [5.41, 5.74) is 0. The molecule has 4 fully saturated rings. The highest BCUT2D eigenvalue weighted by Gasteiger charge is 2.60. The molecule has 0 unspecified atom stereocenters. The highest BCUT2D eigenvalue weighted by Crippen LogP contribution is 2.37. The van der Waals surface area contributed by atoms with Crippen LogP contribution < -0.4 is 10.0 Å². The molecule has 4 heterocycles. The third-order valence-corrected chi connectivity index (χ3v) is 12.1. The molecule has 0 bridgehead atoms. The number of hydrogen-bond acceptors (Lipinski definition) is 30. The molecule has 4 aliphatic heterocycles. The number of carbonyl (C=O) groups excluding carboxylic acids is 1. The van der Waals surface area contributed by atoms with E-state index >= 15 is 0 Å². The van der Waals surface area contributed by atoms with Gasteiger partial charge in [-0.25, -0.2) is 26.3 Å². The maximum Gasteiger partial charge on any atom is 0.397 e. The van der Waals surface area contributed by atoms with Crippen LogP contribution in [-0.4, -0.2) is 265 Å². The topological polar surface area (TPSA) is 610 Å². The Balaban J connectivity index is 0.00000282. The highest BCUT2D eigenvalue weighted by atomic mass is 35.8. The van der Waals surface area contributed by atoms with Crippen LogP contribution in [0.5, 0.6) is 0 Å². The number of amides is 1. The third kappa shape index (κ3) is 21.1. The summed E-state index contributed by atoms with van der Waals surface area (Å²) < 4.78 is 222. The van der Waals surface area contributed by atoms with Crippen molar-refractivity contribution in [2.75, 3.05) is 13.2 Å². The molecule has 0 saturated carbocycles. The van der Waals surface area contributed by atoms with Crippen LogP contribution in [0, 0.1) is 0 Å². The summed E-state index contributed by atoms with van der Waals surface area (Å²) in [6.45, 7) is -0.617. The molecule has 39 nitrogen and oxygen atoms in total. The number of aliphatic hydroxyl groups excluding tert-OH is 6. The van der Waals surface area contributed by atoms with Crippen LogP contribution in [0.15, 0.2) is 0 Å². The van der Waals surface area contributed by atoms with Crippen LogP contribution in [0.25, 0.3) is 0 Å². The number of hydrogen-bond donors (Lipinski definition) is 15. The van der Waals surface area contributed by atoms with Gasteiger partial charge in [-0.05, 0) is 6.55 Å². The van der Waals surface area contributed by atoms with Crippen molar-refractivity contribution >= 4 is 109 Å². The molecule has 4 rings (SSSR count). The molecular formula is C27H45Cl3N2O37S5Si. The van der Waals surface area contributed by atoms with Crippen molar-refractivity contribution in [2.45, 2.75) is 136 Å². The van der Waals surface area contributed by atoms with Gasteiger partial charge in [0.1, 0.15) is 73.1 Å². The molecule has 48 heteroatoms. The molecule has 1 amide bonds. The van der Waals surface area contributed by atoms with Crippen molar-refractivity contribution in [1.82, 2.24) is 10.0 Å². The fourth-order valence-corrected chi connectivity index (χ4v) is 9.43. The molecular weight excluding hydrogens is 1240 g/mol. The Morgan fingerprint density at radius 2 is 0.987 bits per heavy atom. The van der Waals surface area contributed by atoms with E-state index in [1.807, 2.05) is 5.32 Å². The van der Waals surface area contributed by atoms with Gasteiger partial charge in [0.2, 0.25) is 5.91 Å². The fraction of sp³-hybridized carbons (Fsp3) is 0.889. The molecule has 0 radical (unpaired) electrons. The van der Waals surface area contributed by atoms with E-state index < -0.39 is 212 Å². The molecule has 440 valence electrons. The lowest BCUT2D eigenvalue weighted by Gasteiger charge is -2.50. The van der Waals surface area contributed by atoms with Crippen molar-refractivity contribution in [1.29, 1.82) is 0 Å². The Bertz CT molecular complexity index is 2560. The number of carboxylic acids is 2. The van der Waals surface area contributed by atoms with Gasteiger partial charge < -0.3 is 79.3 Å². The first-order chi connectivity index (χ1) is 33.8. The van der Waals surface area contributed by atoms with Crippen molar-refractivity contribution in [3.63, 3.8) is 0 Å². The summed E-state index contributed by atoms with van der Waals surface area (Å²) in [6.07, 6.45) is -49.1. The van der Waals surface area contributed by atoms with Crippen LogP contribution in [0.2, 0.25) is 6.55 Å². The first-order valence-corrected chi connectivity index (χ1v) is 32.0. The Kier molecular flexibility index (Phi) is 23.7. The van der Waals surface area contributed by atoms with Gasteiger partial charge >= 0.3 is 69.8 Å². The van der Waals surface area contributed by atoms with E-state index in [0.717, 1.165) is 6.92 Å². The molecule has 0 aromatic rings. The zero-order chi connectivity index (χ0) is 57.9. The number of carboxylic acid groups (broad SMARTS) is 2. The number of rotatable bonds is 21. The van der Waals surface area contributed by atoms with E-state index in [-0.39, 0.29) is 0 Å². The normalized spacial score (nSPS) is 37.4. The van der Waals surface area contributed by atoms with Crippen molar-refractivity contribution in [3.05, 3.63) is 0 Å². The number of aliphatic hydroxyl groups is 6. The number of aliphatic carboxylic acids is 2. The zero-order valence-electron chi connectivity index (χ0n) is 36.7. The van der Waals surface area contributed by atoms with E-state index in [1.54, 1.807) is 6.55 Å². The Hall–Kier alpha value is -1.67. The van der Waals surface area contributed by atoms with E-state index in [2.05, 4.69) is 16.7 Å². The number of carbonyl (C=O) groups is 3. The summed E-state index contributed by atoms with van der Waals surface area (Å²) >= 11 is 15.6. The second-order valence-electron chi connectivity index (χ2n) is 15.4. The number of ether oxygens (including phenoxy) is 7. The predicted molar refractivity (Wildman–Crippen MR) is 230 cm³/mol. The molecule has 0 aliphatic carbocycles. The maximum atomic E-state index is 12.7. The van der Waals surface area contributed by atoms with Gasteiger partial charge in [-0.15, -0.1) is 33.2 Å². The van der Waals surface area contributed by atoms with Crippen LogP contribution in [0.1, 0.15) is 6.92 Å². The average Bonchev–Trinajstić information content (AvgIpc) is 3.20. The second kappa shape index (κ2) is 26.3. The quantitative estimate of drug-likeness (QED) is 0.0288. The summed E-state index contributed by atoms with van der Waals surface area (Å²) in [4.78, 5) is 36.4. The SMILES string of the molecule is CC(=O)N[C@@H]1[C@@H](O)[C@H](O[C@@H]2O[C@H](C(=O)O)[C@@H](O[C@@H]3O[C@H](CO)[C@@H](O[C@H]4O[C@@H](C(=O)O)[C@H](O)[C@@H](O)[C@@H]4OS(=O)(=O)O)[C@H](OS(=O)(=O)O)[C@H]3NS(=O)(=O)O)[C@H](O)[C@H]2OS(=O)(=O)O)[C@H](COS(=O)(=O)O)O[C@H]1O.C[Si](Cl)(Cl)Cl. The zero-order valence-corrected chi connectivity index (χ0v) is 44.1. The first kappa shape index (κ1) is 67.6. The minimum absolute atomic E-state index is 0.840. The van der Waals surface area contributed by atoms with E-state index in [1.165, 1.54) is 4.72 Å². The van der Waals surface area contributed by atoms with Gasteiger partial charge in [0.15, 0.2) is 49.6 Å². The smallest absolute Gasteiger partial charge is 0.397 e. The minimum atomic E-state index is -6.09. The summed E-state index contributed by atoms with van der Waals surface area (Å²) in [5.74, 6) is -5.49. The first-order valence-electron chi connectivity index (χ1n) is 19.5. The van der Waals surface area contributed by atoms with Crippen LogP contribution in [0.4, 0.5) is 0 Å². The van der Waals surface area contributed by atoms with E-state index in [4.69, 9.17) is 70.9 Å². The van der Waals surface area contributed by atoms with Gasteiger partial charge in [0, 0.05) is 6.92 Å². The lowest BCUT2D eigenvalue weighted by atomic mass is 9.94. The summed E-state index contributed by atoms with van der Waals surface area (Å²) in [5, 5.41) is 86.0. The fourth-order valence-electron chi connectivity index (χ4n) is 7.05. The number of halogens is 3. The lowest BCUT2D eigenvalue weighted by Crippen LogP contribution is -2.71. The highest BCUT2D eigenvalue weighted by molar-refractivity contribution is 7.83. The van der Waals surface area contributed by atoms with Crippen molar-refractivity contribution in [3.8, 4) is 0 Å². The van der Waals surface area contributed by atoms with Crippen molar-refractivity contribution < 1.29 is 170 Å². The molecule has 20 atom stereocenters. The Morgan fingerprint density at radius 3 is 1.41 bits per heavy atom. The Labute approximate surface area is 436 Å². The summed E-state index contributed by atoms with van der Waals surface area (Å²) in [7, 11) is -29.1. The van der Waals surface area contributed by atoms with Crippen molar-refractivity contribution in [2.24, 2.45) is 0 Å². The largest absolute Gasteiger partial charge is 0.479 e. The van der Waals surface area contributed by atoms with Crippen LogP contribution in [0.3, 0.4) is 0 Å². The molecule has 0 aromatic heterocycles. The number of nitrogens with one attached hydrogen (secondary N) is 2. The monoisotopic (exact) mass is 1280 g/mol. The molecule has 15 N–H and O–H groups in total. The minimum Gasteiger partial charge on any atom is -0.479 e. The lowest BCUT2D eigenvalue weighted by molar-refractivity contribution is -0.366. The summed E-state index contributed by atoms with van der Waals surface area (Å²) in [6, 6.07) is -7.15. The van der Waals surface area contributed by atoms with Crippen LogP contribution >= 0.6 is 33.2 Å². The molecule has 0 aromatic carbocycles. The van der Waals surface area contributed by atoms with Gasteiger partial charge in [0.05, 0.1) is 13.2 Å². The van der Waals surface area contributed by atoms with Gasteiger partial charge in [-0.2, -0.15) is 46.8 Å².